The summed E-state index contributed by atoms with van der Waals surface area (Å²) in [5.74, 6) is 2.82. The molecule has 3 fully saturated rings. The highest BCUT2D eigenvalue weighted by molar-refractivity contribution is 5.77. The lowest BCUT2D eigenvalue weighted by Gasteiger charge is -2.41. The number of piperazine rings is 1. The van der Waals surface area contributed by atoms with Crippen LogP contribution in [0.25, 0.3) is 0 Å². The van der Waals surface area contributed by atoms with Gasteiger partial charge in [-0.2, -0.15) is 0 Å². The van der Waals surface area contributed by atoms with E-state index in [4.69, 9.17) is 0 Å². The zero-order chi connectivity index (χ0) is 15.8. The van der Waals surface area contributed by atoms with Gasteiger partial charge in [-0.1, -0.05) is 36.8 Å². The van der Waals surface area contributed by atoms with E-state index in [9.17, 15) is 4.79 Å². The molecule has 0 spiro atoms. The number of likely N-dealkylation sites (N-methyl/N-ethyl adjacent to an activating group) is 1. The van der Waals surface area contributed by atoms with Gasteiger partial charge >= 0.3 is 0 Å². The first-order valence-electron chi connectivity index (χ1n) is 9.23. The lowest BCUT2D eigenvalue weighted by atomic mass is 9.86. The van der Waals surface area contributed by atoms with E-state index in [0.29, 0.717) is 11.8 Å². The van der Waals surface area contributed by atoms with E-state index in [-0.39, 0.29) is 6.04 Å². The van der Waals surface area contributed by atoms with E-state index in [1.165, 1.54) is 31.2 Å². The molecule has 3 heteroatoms. The van der Waals surface area contributed by atoms with E-state index < -0.39 is 0 Å². The molecule has 1 heterocycles. The van der Waals surface area contributed by atoms with Gasteiger partial charge in [0.15, 0.2) is 0 Å². The van der Waals surface area contributed by atoms with E-state index in [2.05, 4.69) is 47.2 Å². The van der Waals surface area contributed by atoms with Crippen LogP contribution in [0, 0.1) is 17.8 Å². The zero-order valence-corrected chi connectivity index (χ0v) is 14.2. The van der Waals surface area contributed by atoms with Gasteiger partial charge in [0.05, 0.1) is 6.04 Å². The Morgan fingerprint density at radius 1 is 1.13 bits per heavy atom. The molecule has 0 N–H and O–H groups in total. The largest absolute Gasteiger partial charge is 0.333 e. The van der Waals surface area contributed by atoms with Crippen LogP contribution in [-0.4, -0.2) is 42.4 Å². The number of benzene rings is 1. The minimum Gasteiger partial charge on any atom is -0.333 e. The Morgan fingerprint density at radius 2 is 1.96 bits per heavy atom. The summed E-state index contributed by atoms with van der Waals surface area (Å²) in [6, 6.07) is 10.8. The number of rotatable bonds is 3. The molecule has 1 amide bonds. The molecule has 3 aliphatic rings. The first kappa shape index (κ1) is 15.2. The van der Waals surface area contributed by atoms with Crippen molar-refractivity contribution in [2.24, 2.45) is 17.8 Å². The molecule has 1 aromatic rings. The van der Waals surface area contributed by atoms with Crippen LogP contribution < -0.4 is 0 Å². The fourth-order valence-corrected chi connectivity index (χ4v) is 5.15. The second kappa shape index (κ2) is 6.27. The van der Waals surface area contributed by atoms with Crippen molar-refractivity contribution < 1.29 is 4.79 Å². The first-order valence-corrected chi connectivity index (χ1v) is 9.23. The van der Waals surface area contributed by atoms with Gasteiger partial charge in [-0.25, -0.2) is 0 Å². The summed E-state index contributed by atoms with van der Waals surface area (Å²) >= 11 is 0. The van der Waals surface area contributed by atoms with Gasteiger partial charge in [-0.05, 0) is 49.6 Å². The molecule has 0 radical (unpaired) electrons. The van der Waals surface area contributed by atoms with Gasteiger partial charge in [0, 0.05) is 26.1 Å². The third kappa shape index (κ3) is 3.03. The number of fused-ring (bicyclic) bond motifs is 2. The molecule has 1 aliphatic heterocycles. The maximum absolute atomic E-state index is 13.0. The summed E-state index contributed by atoms with van der Waals surface area (Å²) in [7, 11) is 2.16. The summed E-state index contributed by atoms with van der Waals surface area (Å²) in [5.41, 5.74) is 1.28. The minimum absolute atomic E-state index is 0.223. The Kier molecular flexibility index (Phi) is 4.14. The predicted octanol–water partition coefficient (Wildman–Crippen LogP) is 3.33. The van der Waals surface area contributed by atoms with Crippen molar-refractivity contribution in [2.75, 3.05) is 26.7 Å². The average molecular weight is 312 g/mol. The monoisotopic (exact) mass is 312 g/mol. The molecule has 3 nitrogen and oxygen atoms in total. The number of carbonyl (C=O) groups excluding carboxylic acids is 1. The number of hydrogen-bond acceptors (Lipinski definition) is 2. The molecular formula is C20H28N2O. The molecule has 0 unspecified atom stereocenters. The van der Waals surface area contributed by atoms with E-state index >= 15 is 0 Å². The van der Waals surface area contributed by atoms with Gasteiger partial charge in [0.2, 0.25) is 5.91 Å². The number of amides is 1. The van der Waals surface area contributed by atoms with E-state index in [1.807, 2.05) is 0 Å². The predicted molar refractivity (Wildman–Crippen MR) is 91.9 cm³/mol. The molecule has 4 atom stereocenters. The van der Waals surface area contributed by atoms with E-state index in [1.54, 1.807) is 0 Å². The lowest BCUT2D eigenvalue weighted by Crippen LogP contribution is -2.49. The Bertz CT molecular complexity index is 558. The number of carbonyl (C=O) groups is 1. The van der Waals surface area contributed by atoms with Crippen LogP contribution in [0.5, 0.6) is 0 Å². The molecule has 1 saturated heterocycles. The summed E-state index contributed by atoms with van der Waals surface area (Å²) in [6.45, 7) is 2.81. The smallest absolute Gasteiger partial charge is 0.223 e. The highest BCUT2D eigenvalue weighted by Gasteiger charge is 2.41. The topological polar surface area (TPSA) is 23.6 Å². The minimum atomic E-state index is 0.223. The summed E-state index contributed by atoms with van der Waals surface area (Å²) in [4.78, 5) is 17.5. The molecule has 0 aromatic heterocycles. The quantitative estimate of drug-likeness (QED) is 0.855. The van der Waals surface area contributed by atoms with Crippen molar-refractivity contribution in [2.45, 2.75) is 38.1 Å². The molecule has 2 aliphatic carbocycles. The highest BCUT2D eigenvalue weighted by Crippen LogP contribution is 2.49. The van der Waals surface area contributed by atoms with E-state index in [0.717, 1.165) is 37.9 Å². The summed E-state index contributed by atoms with van der Waals surface area (Å²) < 4.78 is 0. The Balaban J connectivity index is 1.47. The Morgan fingerprint density at radius 3 is 2.65 bits per heavy atom. The number of hydrogen-bond donors (Lipinski definition) is 0. The SMILES string of the molecule is CN1CCN(C(=O)C[C@@H]2C[C@H]3CC[C@H]2C3)[C@H](c2ccccc2)C1. The van der Waals surface area contributed by atoms with Crippen LogP contribution in [0.4, 0.5) is 0 Å². The third-order valence-electron chi connectivity index (χ3n) is 6.41. The fraction of sp³-hybridized carbons (Fsp3) is 0.650. The van der Waals surface area contributed by atoms with Crippen molar-refractivity contribution in [3.05, 3.63) is 35.9 Å². The molecule has 23 heavy (non-hydrogen) atoms. The number of nitrogens with zero attached hydrogens (tertiary/aromatic N) is 2. The van der Waals surface area contributed by atoms with Crippen LogP contribution in [0.2, 0.25) is 0 Å². The van der Waals surface area contributed by atoms with Gasteiger partial charge in [0.1, 0.15) is 0 Å². The van der Waals surface area contributed by atoms with Crippen molar-refractivity contribution in [1.82, 2.24) is 9.80 Å². The van der Waals surface area contributed by atoms with Gasteiger partial charge < -0.3 is 9.80 Å². The molecule has 1 aromatic carbocycles. The van der Waals surface area contributed by atoms with Crippen LogP contribution in [0.15, 0.2) is 30.3 Å². The zero-order valence-electron chi connectivity index (χ0n) is 14.2. The van der Waals surface area contributed by atoms with Crippen LogP contribution in [-0.2, 0) is 4.79 Å². The van der Waals surface area contributed by atoms with Crippen LogP contribution in [0.3, 0.4) is 0 Å². The average Bonchev–Trinajstić information content (AvgIpc) is 3.18. The molecular weight excluding hydrogens is 284 g/mol. The molecule has 2 bridgehead atoms. The van der Waals surface area contributed by atoms with Gasteiger partial charge in [-0.15, -0.1) is 0 Å². The van der Waals surface area contributed by atoms with Crippen molar-refractivity contribution in [3.8, 4) is 0 Å². The van der Waals surface area contributed by atoms with Crippen molar-refractivity contribution >= 4 is 5.91 Å². The fourth-order valence-electron chi connectivity index (χ4n) is 5.15. The Labute approximate surface area is 139 Å². The van der Waals surface area contributed by atoms with Crippen molar-refractivity contribution in [3.63, 3.8) is 0 Å². The second-order valence-electron chi connectivity index (χ2n) is 7.91. The van der Waals surface area contributed by atoms with Crippen molar-refractivity contribution in [1.29, 1.82) is 0 Å². The second-order valence-corrected chi connectivity index (χ2v) is 7.91. The van der Waals surface area contributed by atoms with Crippen LogP contribution in [0.1, 0.15) is 43.7 Å². The summed E-state index contributed by atoms with van der Waals surface area (Å²) in [5, 5.41) is 0. The maximum atomic E-state index is 13.0. The first-order chi connectivity index (χ1) is 11.2. The molecule has 2 saturated carbocycles. The summed E-state index contributed by atoms with van der Waals surface area (Å²) in [6.07, 6.45) is 6.27. The van der Waals surface area contributed by atoms with Crippen LogP contribution >= 0.6 is 0 Å². The Hall–Kier alpha value is -1.35. The standard InChI is InChI=1S/C20H28N2O/c1-21-9-10-22(19(14-21)16-5-3-2-4-6-16)20(23)13-18-12-15-7-8-17(18)11-15/h2-6,15,17-19H,7-14H2,1H3/t15-,17-,18-,19-/m0/s1. The normalized spacial score (nSPS) is 34.0. The van der Waals surface area contributed by atoms with Gasteiger partial charge in [-0.3, -0.25) is 4.79 Å². The molecule has 124 valence electrons. The highest BCUT2D eigenvalue weighted by atomic mass is 16.2. The lowest BCUT2D eigenvalue weighted by molar-refractivity contribution is -0.137. The maximum Gasteiger partial charge on any atom is 0.223 e. The molecule has 4 rings (SSSR count). The van der Waals surface area contributed by atoms with Gasteiger partial charge in [0.25, 0.3) is 0 Å². The third-order valence-corrected chi connectivity index (χ3v) is 6.41.